The highest BCUT2D eigenvalue weighted by Gasteiger charge is 2.43. The second-order valence-corrected chi connectivity index (χ2v) is 9.33. The molecule has 3 aromatic carbocycles. The van der Waals surface area contributed by atoms with Crippen molar-refractivity contribution in [3.63, 3.8) is 0 Å². The maximum Gasteiger partial charge on any atom is 0.155 e. The van der Waals surface area contributed by atoms with E-state index in [4.69, 9.17) is 0 Å². The maximum atomic E-state index is 12.3. The Morgan fingerprint density at radius 2 is 1.21 bits per heavy atom. The quantitative estimate of drug-likeness (QED) is 0.721. The second kappa shape index (κ2) is 7.78. The molecule has 1 aliphatic rings. The van der Waals surface area contributed by atoms with Crippen LogP contribution in [0.5, 0.6) is 0 Å². The van der Waals surface area contributed by atoms with E-state index in [-0.39, 0.29) is 17.5 Å². The van der Waals surface area contributed by atoms with Gasteiger partial charge in [0.15, 0.2) is 9.84 Å². The molecule has 5 heteroatoms. The van der Waals surface area contributed by atoms with Crippen LogP contribution in [0.15, 0.2) is 91.0 Å². The minimum atomic E-state index is -3.29. The third-order valence-corrected chi connectivity index (χ3v) is 6.91. The molecule has 0 amide bonds. The summed E-state index contributed by atoms with van der Waals surface area (Å²) in [5, 5.41) is 10.7. The van der Waals surface area contributed by atoms with Gasteiger partial charge in [-0.3, -0.25) is 0 Å². The monoisotopic (exact) mass is 393 g/mol. The molecule has 0 saturated carbocycles. The Balaban J connectivity index is 1.90. The first-order valence-corrected chi connectivity index (χ1v) is 11.2. The van der Waals surface area contributed by atoms with E-state index in [0.29, 0.717) is 0 Å². The van der Waals surface area contributed by atoms with Crippen LogP contribution in [0.2, 0.25) is 0 Å². The van der Waals surface area contributed by atoms with Gasteiger partial charge in [0.2, 0.25) is 0 Å². The van der Waals surface area contributed by atoms with Gasteiger partial charge in [0, 0.05) is 5.69 Å². The summed E-state index contributed by atoms with van der Waals surface area (Å²) in [6.07, 6.45) is -0.930. The molecule has 0 aromatic heterocycles. The first-order valence-electron chi connectivity index (χ1n) is 9.37. The van der Waals surface area contributed by atoms with Crippen LogP contribution in [0, 0.1) is 0 Å². The van der Waals surface area contributed by atoms with Crippen LogP contribution in [0.3, 0.4) is 0 Å². The van der Waals surface area contributed by atoms with E-state index in [0.717, 1.165) is 16.8 Å². The number of para-hydroxylation sites is 1. The smallest absolute Gasteiger partial charge is 0.155 e. The summed E-state index contributed by atoms with van der Waals surface area (Å²) in [5.74, 6) is -0.253. The van der Waals surface area contributed by atoms with E-state index in [1.54, 1.807) is 0 Å². The number of anilines is 1. The lowest BCUT2D eigenvalue weighted by molar-refractivity contribution is 0.175. The van der Waals surface area contributed by atoms with E-state index in [1.807, 2.05) is 91.0 Å². The molecule has 144 valence electrons. The molecule has 0 unspecified atom stereocenters. The van der Waals surface area contributed by atoms with Gasteiger partial charge in [-0.25, -0.2) is 8.42 Å². The van der Waals surface area contributed by atoms with Crippen LogP contribution in [0.4, 0.5) is 5.69 Å². The fourth-order valence-electron chi connectivity index (χ4n) is 3.99. The fraction of sp³-hybridized carbons (Fsp3) is 0.217. The summed E-state index contributed by atoms with van der Waals surface area (Å²) in [5.41, 5.74) is 2.99. The Bertz CT molecular complexity index is 968. The Morgan fingerprint density at radius 1 is 0.750 bits per heavy atom. The molecule has 0 spiro atoms. The molecule has 0 aliphatic carbocycles. The summed E-state index contributed by atoms with van der Waals surface area (Å²) in [4.78, 5) is 2.07. The van der Waals surface area contributed by atoms with Crippen LogP contribution in [-0.2, 0) is 9.84 Å². The van der Waals surface area contributed by atoms with Crippen molar-refractivity contribution in [1.82, 2.24) is 0 Å². The van der Waals surface area contributed by atoms with Crippen molar-refractivity contribution < 1.29 is 13.5 Å². The molecule has 0 radical (unpaired) electrons. The Hall–Kier alpha value is -2.63. The summed E-state index contributed by atoms with van der Waals surface area (Å²) < 4.78 is 24.6. The molecule has 3 aromatic rings. The number of rotatable bonds is 5. The number of hydrogen-bond acceptors (Lipinski definition) is 4. The Kier molecular flexibility index (Phi) is 5.20. The molecule has 1 heterocycles. The van der Waals surface area contributed by atoms with E-state index in [9.17, 15) is 13.5 Å². The number of aliphatic hydroxyl groups is 1. The van der Waals surface area contributed by atoms with Crippen molar-refractivity contribution in [3.8, 4) is 0 Å². The SMILES string of the molecule is O=S1(=O)C[C@@H](N(c2ccccc2)C(c2ccccc2)c2ccccc2)[C@@H](O)C1. The highest BCUT2D eigenvalue weighted by Crippen LogP contribution is 2.37. The van der Waals surface area contributed by atoms with E-state index in [2.05, 4.69) is 4.90 Å². The highest BCUT2D eigenvalue weighted by atomic mass is 32.2. The number of sulfone groups is 1. The highest BCUT2D eigenvalue weighted by molar-refractivity contribution is 7.91. The van der Waals surface area contributed by atoms with Crippen molar-refractivity contribution in [1.29, 1.82) is 0 Å². The minimum Gasteiger partial charge on any atom is -0.390 e. The first kappa shape index (κ1) is 18.7. The van der Waals surface area contributed by atoms with Crippen LogP contribution in [-0.4, -0.2) is 37.2 Å². The van der Waals surface area contributed by atoms with Gasteiger partial charge in [0.05, 0.1) is 29.7 Å². The van der Waals surface area contributed by atoms with Crippen LogP contribution >= 0.6 is 0 Å². The van der Waals surface area contributed by atoms with Gasteiger partial charge < -0.3 is 10.0 Å². The van der Waals surface area contributed by atoms with Crippen LogP contribution in [0.25, 0.3) is 0 Å². The summed E-state index contributed by atoms with van der Waals surface area (Å²) in [6.45, 7) is 0. The minimum absolute atomic E-state index is 0.0563. The average Bonchev–Trinajstić information content (AvgIpc) is 3.00. The Morgan fingerprint density at radius 3 is 1.64 bits per heavy atom. The Labute approximate surface area is 166 Å². The van der Waals surface area contributed by atoms with Gasteiger partial charge in [0.1, 0.15) is 0 Å². The van der Waals surface area contributed by atoms with Gasteiger partial charge in [-0.1, -0.05) is 78.9 Å². The molecular weight excluding hydrogens is 370 g/mol. The first-order chi connectivity index (χ1) is 13.6. The lowest BCUT2D eigenvalue weighted by Gasteiger charge is -2.40. The van der Waals surface area contributed by atoms with Crippen molar-refractivity contribution in [2.24, 2.45) is 0 Å². The number of nitrogens with zero attached hydrogens (tertiary/aromatic N) is 1. The molecule has 1 aliphatic heterocycles. The third kappa shape index (κ3) is 3.81. The van der Waals surface area contributed by atoms with Crippen molar-refractivity contribution in [3.05, 3.63) is 102 Å². The summed E-state index contributed by atoms with van der Waals surface area (Å²) in [6, 6.07) is 29.1. The van der Waals surface area contributed by atoms with Gasteiger partial charge in [-0.05, 0) is 23.3 Å². The van der Waals surface area contributed by atoms with E-state index >= 15 is 0 Å². The molecule has 0 bridgehead atoms. The topological polar surface area (TPSA) is 57.6 Å². The molecule has 2 atom stereocenters. The second-order valence-electron chi connectivity index (χ2n) is 7.18. The molecular formula is C23H23NO3S. The zero-order valence-corrected chi connectivity index (χ0v) is 16.2. The zero-order chi connectivity index (χ0) is 19.6. The molecule has 1 fully saturated rings. The maximum absolute atomic E-state index is 12.3. The number of aliphatic hydroxyl groups excluding tert-OH is 1. The van der Waals surface area contributed by atoms with Gasteiger partial charge in [-0.2, -0.15) is 0 Å². The fourth-order valence-corrected chi connectivity index (χ4v) is 5.77. The molecule has 1 saturated heterocycles. The molecule has 1 N–H and O–H groups in total. The standard InChI is InChI=1S/C23H23NO3S/c25-22-17-28(26,27)16-21(22)24(20-14-8-3-9-15-20)23(18-10-4-1-5-11-18)19-12-6-2-7-13-19/h1-15,21-23,25H,16-17H2/t21-,22+/m1/s1. The van der Waals surface area contributed by atoms with Gasteiger partial charge in [0.25, 0.3) is 0 Å². The van der Waals surface area contributed by atoms with Gasteiger partial charge in [-0.15, -0.1) is 0 Å². The van der Waals surface area contributed by atoms with Crippen LogP contribution < -0.4 is 4.90 Å². The van der Waals surface area contributed by atoms with E-state index < -0.39 is 22.0 Å². The van der Waals surface area contributed by atoms with Crippen LogP contribution in [0.1, 0.15) is 17.2 Å². The predicted molar refractivity (Wildman–Crippen MR) is 112 cm³/mol. The lowest BCUT2D eigenvalue weighted by Crippen LogP contribution is -2.46. The van der Waals surface area contributed by atoms with Gasteiger partial charge >= 0.3 is 0 Å². The largest absolute Gasteiger partial charge is 0.390 e. The number of hydrogen-bond donors (Lipinski definition) is 1. The molecule has 4 nitrogen and oxygen atoms in total. The molecule has 4 rings (SSSR count). The van der Waals surface area contributed by atoms with Crippen molar-refractivity contribution >= 4 is 15.5 Å². The number of benzene rings is 3. The third-order valence-electron chi connectivity index (χ3n) is 5.21. The normalized spacial score (nSPS) is 20.9. The zero-order valence-electron chi connectivity index (χ0n) is 15.4. The molecule has 28 heavy (non-hydrogen) atoms. The van der Waals surface area contributed by atoms with E-state index in [1.165, 1.54) is 0 Å². The predicted octanol–water partition coefficient (Wildman–Crippen LogP) is 3.44. The summed E-state index contributed by atoms with van der Waals surface area (Å²) >= 11 is 0. The summed E-state index contributed by atoms with van der Waals surface area (Å²) in [7, 11) is -3.29. The van der Waals surface area contributed by atoms with Crippen molar-refractivity contribution in [2.75, 3.05) is 16.4 Å². The van der Waals surface area contributed by atoms with Crippen molar-refractivity contribution in [2.45, 2.75) is 18.2 Å². The lowest BCUT2D eigenvalue weighted by atomic mass is 9.94. The average molecular weight is 394 g/mol.